The van der Waals surface area contributed by atoms with E-state index in [2.05, 4.69) is 35.3 Å². The Morgan fingerprint density at radius 2 is 1.96 bits per heavy atom. The zero-order chi connectivity index (χ0) is 19.1. The smallest absolute Gasteiger partial charge is 0.219 e. The van der Waals surface area contributed by atoms with E-state index in [1.165, 1.54) is 0 Å². The Hall–Kier alpha value is -3.10. The van der Waals surface area contributed by atoms with Gasteiger partial charge in [0.2, 0.25) is 5.91 Å². The molecule has 0 fully saturated rings. The van der Waals surface area contributed by atoms with Gasteiger partial charge in [-0.2, -0.15) is 5.10 Å². The first-order valence-corrected chi connectivity index (χ1v) is 9.07. The van der Waals surface area contributed by atoms with Crippen LogP contribution in [0.4, 0.5) is 11.6 Å². The van der Waals surface area contributed by atoms with Gasteiger partial charge < -0.3 is 10.2 Å². The Morgan fingerprint density at radius 1 is 1.11 bits per heavy atom. The van der Waals surface area contributed by atoms with Crippen molar-refractivity contribution in [1.82, 2.24) is 35.0 Å². The third-order valence-electron chi connectivity index (χ3n) is 4.40. The summed E-state index contributed by atoms with van der Waals surface area (Å²) in [5.74, 6) is 1.60. The van der Waals surface area contributed by atoms with E-state index in [4.69, 9.17) is 0 Å². The van der Waals surface area contributed by atoms with E-state index in [9.17, 15) is 4.79 Å². The Balaban J connectivity index is 1.73. The molecule has 1 amide bonds. The normalized spacial score (nSPS) is 10.9. The van der Waals surface area contributed by atoms with Gasteiger partial charge in [0.05, 0.1) is 12.4 Å². The number of carbonyl (C=O) groups is 1. The largest absolute Gasteiger partial charge is 0.359 e. The summed E-state index contributed by atoms with van der Waals surface area (Å²) in [6.45, 7) is 0.746. The molecule has 0 aliphatic heterocycles. The topological polar surface area (TPSA) is 102 Å². The lowest BCUT2D eigenvalue weighted by Crippen LogP contribution is -2.22. The number of rotatable bonds is 9. The number of aromatic nitrogens is 6. The molecule has 3 heterocycles. The highest BCUT2D eigenvalue weighted by atomic mass is 16.1. The molecule has 9 nitrogen and oxygen atoms in total. The minimum absolute atomic E-state index is 0.0933. The van der Waals surface area contributed by atoms with Gasteiger partial charge in [0.15, 0.2) is 11.6 Å². The summed E-state index contributed by atoms with van der Waals surface area (Å²) >= 11 is 0. The molecule has 0 atom stereocenters. The maximum absolute atomic E-state index is 11.3. The van der Waals surface area contributed by atoms with Crippen LogP contribution in [0.15, 0.2) is 31.1 Å². The molecule has 0 unspecified atom stereocenters. The number of nitrogens with one attached hydrogen (secondary N) is 1. The van der Waals surface area contributed by atoms with E-state index >= 15 is 0 Å². The van der Waals surface area contributed by atoms with Gasteiger partial charge in [-0.3, -0.25) is 14.5 Å². The van der Waals surface area contributed by atoms with E-state index in [0.29, 0.717) is 6.42 Å². The van der Waals surface area contributed by atoms with Gasteiger partial charge in [-0.25, -0.2) is 15.0 Å². The van der Waals surface area contributed by atoms with Crippen molar-refractivity contribution in [2.24, 2.45) is 7.05 Å². The van der Waals surface area contributed by atoms with Crippen molar-refractivity contribution >= 4 is 28.6 Å². The number of hydrogen-bond donors (Lipinski definition) is 1. The number of aryl methyl sites for hydroxylation is 1. The minimum Gasteiger partial charge on any atom is -0.359 e. The summed E-state index contributed by atoms with van der Waals surface area (Å²) in [6, 6.07) is 0. The van der Waals surface area contributed by atoms with Crippen LogP contribution in [-0.4, -0.2) is 49.2 Å². The Bertz CT molecular complexity index is 879. The first-order chi connectivity index (χ1) is 13.2. The monoisotopic (exact) mass is 368 g/mol. The lowest BCUT2D eigenvalue weighted by atomic mass is 10.1. The molecule has 9 heteroatoms. The average molecular weight is 368 g/mol. The molecule has 27 heavy (non-hydrogen) atoms. The van der Waals surface area contributed by atoms with Crippen molar-refractivity contribution < 1.29 is 4.79 Å². The lowest BCUT2D eigenvalue weighted by Gasteiger charge is -2.23. The standard InChI is InChI=1S/C18H24N8O/c1-19-16(27)7-5-3-4-6-10-26(15-12-20-8-9-21-15)18-17-14(22-13-23-18)11-24-25(17)2/h8-9,11-13H,3-7,10H2,1-2H3,(H,19,27). The van der Waals surface area contributed by atoms with Gasteiger partial charge >= 0.3 is 0 Å². The van der Waals surface area contributed by atoms with Crippen LogP contribution in [0.1, 0.15) is 32.1 Å². The Morgan fingerprint density at radius 3 is 2.74 bits per heavy atom. The fraction of sp³-hybridized carbons (Fsp3) is 0.444. The van der Waals surface area contributed by atoms with Crippen molar-refractivity contribution in [3.8, 4) is 0 Å². The van der Waals surface area contributed by atoms with Crippen LogP contribution >= 0.6 is 0 Å². The molecule has 0 saturated carbocycles. The number of fused-ring (bicyclic) bond motifs is 1. The van der Waals surface area contributed by atoms with Crippen LogP contribution in [0.5, 0.6) is 0 Å². The van der Waals surface area contributed by atoms with Crippen LogP contribution in [0, 0.1) is 0 Å². The zero-order valence-corrected chi connectivity index (χ0v) is 15.7. The van der Waals surface area contributed by atoms with E-state index < -0.39 is 0 Å². The number of amides is 1. The zero-order valence-electron chi connectivity index (χ0n) is 15.7. The van der Waals surface area contributed by atoms with Gasteiger partial charge in [-0.1, -0.05) is 12.8 Å². The third kappa shape index (κ3) is 4.55. The first kappa shape index (κ1) is 18.7. The van der Waals surface area contributed by atoms with Crippen molar-refractivity contribution in [2.75, 3.05) is 18.5 Å². The molecule has 142 valence electrons. The Kier molecular flexibility index (Phi) is 6.24. The number of nitrogens with zero attached hydrogens (tertiary/aromatic N) is 7. The molecular formula is C18H24N8O. The maximum Gasteiger partial charge on any atom is 0.219 e. The quantitative estimate of drug-likeness (QED) is 0.576. The highest BCUT2D eigenvalue weighted by Gasteiger charge is 2.18. The van der Waals surface area contributed by atoms with Crippen LogP contribution in [0.25, 0.3) is 11.0 Å². The van der Waals surface area contributed by atoms with Crippen molar-refractivity contribution in [3.05, 3.63) is 31.1 Å². The molecule has 3 rings (SSSR count). The van der Waals surface area contributed by atoms with Crippen molar-refractivity contribution in [2.45, 2.75) is 32.1 Å². The number of carbonyl (C=O) groups excluding carboxylic acids is 1. The summed E-state index contributed by atoms with van der Waals surface area (Å²) in [6.07, 6.45) is 12.8. The van der Waals surface area contributed by atoms with Crippen molar-refractivity contribution in [3.63, 3.8) is 0 Å². The molecule has 0 bridgehead atoms. The molecule has 3 aromatic heterocycles. The molecule has 0 saturated heterocycles. The van der Waals surface area contributed by atoms with Gasteiger partial charge in [-0.15, -0.1) is 0 Å². The van der Waals surface area contributed by atoms with E-state index in [1.54, 1.807) is 42.8 Å². The molecule has 0 aromatic carbocycles. The van der Waals surface area contributed by atoms with Crippen LogP contribution < -0.4 is 10.2 Å². The maximum atomic E-state index is 11.3. The SMILES string of the molecule is CNC(=O)CCCCCCN(c1cnccn1)c1ncnc2cnn(C)c12. The van der Waals surface area contributed by atoms with E-state index in [-0.39, 0.29) is 5.91 Å². The number of hydrogen-bond acceptors (Lipinski definition) is 7. The minimum atomic E-state index is 0.0933. The van der Waals surface area contributed by atoms with E-state index in [1.807, 2.05) is 7.05 Å². The predicted octanol–water partition coefficient (Wildman–Crippen LogP) is 1.99. The second-order valence-corrected chi connectivity index (χ2v) is 6.25. The fourth-order valence-corrected chi connectivity index (χ4v) is 2.98. The van der Waals surface area contributed by atoms with E-state index in [0.717, 1.165) is 54.9 Å². The molecule has 3 aromatic rings. The molecule has 0 radical (unpaired) electrons. The summed E-state index contributed by atoms with van der Waals surface area (Å²) in [5.41, 5.74) is 1.66. The summed E-state index contributed by atoms with van der Waals surface area (Å²) < 4.78 is 1.78. The van der Waals surface area contributed by atoms with Crippen LogP contribution in [0.2, 0.25) is 0 Å². The van der Waals surface area contributed by atoms with Crippen LogP contribution in [0.3, 0.4) is 0 Å². The second kappa shape index (κ2) is 9.02. The number of unbranched alkanes of at least 4 members (excludes halogenated alkanes) is 3. The third-order valence-corrected chi connectivity index (χ3v) is 4.40. The van der Waals surface area contributed by atoms with Gasteiger partial charge in [0, 0.05) is 39.5 Å². The second-order valence-electron chi connectivity index (χ2n) is 6.25. The highest BCUT2D eigenvalue weighted by molar-refractivity contribution is 5.87. The van der Waals surface area contributed by atoms with Gasteiger partial charge in [-0.05, 0) is 12.8 Å². The molecular weight excluding hydrogens is 344 g/mol. The predicted molar refractivity (Wildman–Crippen MR) is 102 cm³/mol. The van der Waals surface area contributed by atoms with Gasteiger partial charge in [0.1, 0.15) is 17.4 Å². The molecule has 0 aliphatic carbocycles. The Labute approximate surface area is 157 Å². The fourth-order valence-electron chi connectivity index (χ4n) is 2.98. The molecule has 1 N–H and O–H groups in total. The summed E-state index contributed by atoms with van der Waals surface area (Å²) in [4.78, 5) is 30.8. The molecule has 0 spiro atoms. The van der Waals surface area contributed by atoms with Gasteiger partial charge in [0.25, 0.3) is 0 Å². The van der Waals surface area contributed by atoms with Crippen molar-refractivity contribution in [1.29, 1.82) is 0 Å². The molecule has 0 aliphatic rings. The van der Waals surface area contributed by atoms with Crippen LogP contribution in [-0.2, 0) is 11.8 Å². The summed E-state index contributed by atoms with van der Waals surface area (Å²) in [5, 5.41) is 6.94. The summed E-state index contributed by atoms with van der Waals surface area (Å²) in [7, 11) is 3.55. The first-order valence-electron chi connectivity index (χ1n) is 9.07. The average Bonchev–Trinajstić information content (AvgIpc) is 3.09. The number of anilines is 2. The highest BCUT2D eigenvalue weighted by Crippen LogP contribution is 2.27. The lowest BCUT2D eigenvalue weighted by molar-refractivity contribution is -0.120.